The van der Waals surface area contributed by atoms with Gasteiger partial charge in [0, 0.05) is 23.7 Å². The van der Waals surface area contributed by atoms with Gasteiger partial charge in [-0.05, 0) is 43.5 Å². The monoisotopic (exact) mass is 260 g/mol. The van der Waals surface area contributed by atoms with Crippen molar-refractivity contribution in [1.29, 1.82) is 0 Å². The third kappa shape index (κ3) is 3.34. The fraction of sp³-hybridized carbons (Fsp3) is 0.467. The van der Waals surface area contributed by atoms with Gasteiger partial charge in [-0.25, -0.2) is 0 Å². The molecular formula is C15H20N2O2. The maximum absolute atomic E-state index is 12.1. The highest BCUT2D eigenvalue weighted by atomic mass is 16.2. The molecule has 0 unspecified atom stereocenters. The van der Waals surface area contributed by atoms with E-state index in [2.05, 4.69) is 17.6 Å². The number of benzene rings is 1. The summed E-state index contributed by atoms with van der Waals surface area (Å²) in [6.07, 6.45) is 3.22. The van der Waals surface area contributed by atoms with E-state index in [1.807, 2.05) is 19.1 Å². The zero-order chi connectivity index (χ0) is 13.8. The first-order chi connectivity index (χ1) is 9.10. The Labute approximate surface area is 113 Å². The maximum Gasteiger partial charge on any atom is 0.251 e. The molecule has 4 heteroatoms. The van der Waals surface area contributed by atoms with E-state index in [0.717, 1.165) is 24.1 Å². The maximum atomic E-state index is 12.1. The van der Waals surface area contributed by atoms with Crippen LogP contribution in [0.25, 0.3) is 0 Å². The van der Waals surface area contributed by atoms with Crippen molar-refractivity contribution in [3.8, 4) is 0 Å². The molecule has 0 saturated carbocycles. The Morgan fingerprint density at radius 1 is 1.42 bits per heavy atom. The molecule has 0 aromatic heterocycles. The molecule has 0 fully saturated rings. The number of fused-ring (bicyclic) bond motifs is 1. The summed E-state index contributed by atoms with van der Waals surface area (Å²) in [6.45, 7) is 4.12. The van der Waals surface area contributed by atoms with Gasteiger partial charge in [-0.15, -0.1) is 0 Å². The molecule has 2 N–H and O–H groups in total. The summed E-state index contributed by atoms with van der Waals surface area (Å²) in [7, 11) is 0. The molecule has 102 valence electrons. The van der Waals surface area contributed by atoms with E-state index in [9.17, 15) is 9.59 Å². The predicted octanol–water partition coefficient (Wildman–Crippen LogP) is 2.49. The lowest BCUT2D eigenvalue weighted by Gasteiger charge is -2.18. The minimum atomic E-state index is -0.0411. The van der Waals surface area contributed by atoms with Crippen LogP contribution in [0.1, 0.15) is 49.0 Å². The quantitative estimate of drug-likeness (QED) is 0.873. The second-order valence-corrected chi connectivity index (χ2v) is 5.08. The normalized spacial score (nSPS) is 15.4. The Morgan fingerprint density at radius 2 is 2.21 bits per heavy atom. The largest absolute Gasteiger partial charge is 0.350 e. The van der Waals surface area contributed by atoms with E-state index in [4.69, 9.17) is 0 Å². The van der Waals surface area contributed by atoms with Crippen LogP contribution in [0.15, 0.2) is 18.2 Å². The highest BCUT2D eigenvalue weighted by Gasteiger charge is 2.17. The molecule has 4 nitrogen and oxygen atoms in total. The molecule has 0 bridgehead atoms. The van der Waals surface area contributed by atoms with Crippen molar-refractivity contribution >= 4 is 17.5 Å². The SMILES string of the molecule is CCC[C@H](C)NC(=O)c1ccc2c(c1)CCC(=O)N2. The van der Waals surface area contributed by atoms with E-state index in [1.54, 1.807) is 6.07 Å². The van der Waals surface area contributed by atoms with Gasteiger partial charge in [0.1, 0.15) is 0 Å². The van der Waals surface area contributed by atoms with Gasteiger partial charge in [0.15, 0.2) is 0 Å². The van der Waals surface area contributed by atoms with Crippen molar-refractivity contribution in [3.05, 3.63) is 29.3 Å². The Morgan fingerprint density at radius 3 is 2.95 bits per heavy atom. The molecule has 2 amide bonds. The molecular weight excluding hydrogens is 240 g/mol. The number of anilines is 1. The van der Waals surface area contributed by atoms with Crippen LogP contribution in [-0.2, 0) is 11.2 Å². The molecule has 1 aliphatic rings. The van der Waals surface area contributed by atoms with Crippen LogP contribution in [0.4, 0.5) is 5.69 Å². The Bertz CT molecular complexity index is 497. The second kappa shape index (κ2) is 5.87. The van der Waals surface area contributed by atoms with E-state index in [-0.39, 0.29) is 17.9 Å². The number of aryl methyl sites for hydroxylation is 1. The predicted molar refractivity (Wildman–Crippen MR) is 75.2 cm³/mol. The lowest BCUT2D eigenvalue weighted by atomic mass is 10.00. The van der Waals surface area contributed by atoms with Gasteiger partial charge in [0.05, 0.1) is 0 Å². The zero-order valence-corrected chi connectivity index (χ0v) is 11.5. The number of amides is 2. The van der Waals surface area contributed by atoms with Crippen LogP contribution < -0.4 is 10.6 Å². The third-order valence-corrected chi connectivity index (χ3v) is 3.36. The molecule has 1 heterocycles. The topological polar surface area (TPSA) is 58.2 Å². The van der Waals surface area contributed by atoms with E-state index in [1.165, 1.54) is 0 Å². The minimum absolute atomic E-state index is 0.0411. The van der Waals surface area contributed by atoms with Crippen LogP contribution in [-0.4, -0.2) is 17.9 Å². The second-order valence-electron chi connectivity index (χ2n) is 5.08. The van der Waals surface area contributed by atoms with E-state index >= 15 is 0 Å². The number of carbonyl (C=O) groups excluding carboxylic acids is 2. The molecule has 1 aromatic carbocycles. The summed E-state index contributed by atoms with van der Waals surface area (Å²) in [5.41, 5.74) is 2.53. The first-order valence-corrected chi connectivity index (χ1v) is 6.83. The highest BCUT2D eigenvalue weighted by molar-refractivity contribution is 5.98. The molecule has 0 spiro atoms. The number of carbonyl (C=O) groups is 2. The minimum Gasteiger partial charge on any atom is -0.350 e. The van der Waals surface area contributed by atoms with Crippen molar-refractivity contribution in [1.82, 2.24) is 5.32 Å². The first-order valence-electron chi connectivity index (χ1n) is 6.83. The van der Waals surface area contributed by atoms with Gasteiger partial charge in [-0.2, -0.15) is 0 Å². The summed E-state index contributed by atoms with van der Waals surface area (Å²) in [5, 5.41) is 5.80. The number of rotatable bonds is 4. The van der Waals surface area contributed by atoms with Crippen molar-refractivity contribution in [2.24, 2.45) is 0 Å². The van der Waals surface area contributed by atoms with Crippen molar-refractivity contribution < 1.29 is 9.59 Å². The summed E-state index contributed by atoms with van der Waals surface area (Å²) in [5.74, 6) is 0.00178. The fourth-order valence-electron chi connectivity index (χ4n) is 2.34. The average Bonchev–Trinajstić information content (AvgIpc) is 2.38. The molecule has 1 atom stereocenters. The van der Waals surface area contributed by atoms with Gasteiger partial charge >= 0.3 is 0 Å². The molecule has 0 saturated heterocycles. The van der Waals surface area contributed by atoms with Crippen molar-refractivity contribution in [2.45, 2.75) is 45.6 Å². The molecule has 2 rings (SSSR count). The van der Waals surface area contributed by atoms with Crippen molar-refractivity contribution in [2.75, 3.05) is 5.32 Å². The highest BCUT2D eigenvalue weighted by Crippen LogP contribution is 2.23. The Kier molecular flexibility index (Phi) is 4.20. The summed E-state index contributed by atoms with van der Waals surface area (Å²) in [6, 6.07) is 5.64. The number of nitrogens with one attached hydrogen (secondary N) is 2. The summed E-state index contributed by atoms with van der Waals surface area (Å²) in [4.78, 5) is 23.4. The standard InChI is InChI=1S/C15H20N2O2/c1-3-4-10(2)16-15(19)12-5-7-13-11(9-12)6-8-14(18)17-13/h5,7,9-10H,3-4,6,8H2,1-2H3,(H,16,19)(H,17,18)/t10-/m0/s1. The molecule has 1 aliphatic heterocycles. The van der Waals surface area contributed by atoms with Gasteiger partial charge < -0.3 is 10.6 Å². The van der Waals surface area contributed by atoms with Crippen LogP contribution >= 0.6 is 0 Å². The van der Waals surface area contributed by atoms with Crippen LogP contribution in [0.2, 0.25) is 0 Å². The summed E-state index contributed by atoms with van der Waals surface area (Å²) >= 11 is 0. The molecule has 0 aliphatic carbocycles. The van der Waals surface area contributed by atoms with E-state index in [0.29, 0.717) is 18.4 Å². The molecule has 1 aromatic rings. The van der Waals surface area contributed by atoms with Gasteiger partial charge in [-0.3, -0.25) is 9.59 Å². The molecule has 19 heavy (non-hydrogen) atoms. The lowest BCUT2D eigenvalue weighted by Crippen LogP contribution is -2.32. The van der Waals surface area contributed by atoms with Crippen LogP contribution in [0.3, 0.4) is 0 Å². The lowest BCUT2D eigenvalue weighted by molar-refractivity contribution is -0.116. The Balaban J connectivity index is 2.09. The van der Waals surface area contributed by atoms with Gasteiger partial charge in [0.25, 0.3) is 5.91 Å². The molecule has 0 radical (unpaired) electrons. The van der Waals surface area contributed by atoms with Crippen molar-refractivity contribution in [3.63, 3.8) is 0 Å². The number of hydrogen-bond acceptors (Lipinski definition) is 2. The summed E-state index contributed by atoms with van der Waals surface area (Å²) < 4.78 is 0. The van der Waals surface area contributed by atoms with Crippen LogP contribution in [0, 0.1) is 0 Å². The van der Waals surface area contributed by atoms with E-state index < -0.39 is 0 Å². The number of hydrogen-bond donors (Lipinski definition) is 2. The average molecular weight is 260 g/mol. The van der Waals surface area contributed by atoms with Gasteiger partial charge in [-0.1, -0.05) is 13.3 Å². The van der Waals surface area contributed by atoms with Gasteiger partial charge in [0.2, 0.25) is 5.91 Å². The zero-order valence-electron chi connectivity index (χ0n) is 11.5. The smallest absolute Gasteiger partial charge is 0.251 e. The third-order valence-electron chi connectivity index (χ3n) is 3.36. The fourth-order valence-corrected chi connectivity index (χ4v) is 2.34. The Hall–Kier alpha value is -1.84. The first kappa shape index (κ1) is 13.6. The van der Waals surface area contributed by atoms with Crippen LogP contribution in [0.5, 0.6) is 0 Å².